The molecule has 2 heterocycles. The highest BCUT2D eigenvalue weighted by atomic mass is 17.0. The zero-order valence-corrected chi connectivity index (χ0v) is 10.4. The van der Waals surface area contributed by atoms with Gasteiger partial charge in [0.1, 0.15) is 12.2 Å². The first-order chi connectivity index (χ1) is 9.11. The van der Waals surface area contributed by atoms with Crippen molar-refractivity contribution in [1.29, 1.82) is 0 Å². The van der Waals surface area contributed by atoms with E-state index in [1.807, 2.05) is 6.92 Å². The summed E-state index contributed by atoms with van der Waals surface area (Å²) in [5.74, 6) is 0. The number of alkyl carbamates (subject to hydrolysis) is 1. The fraction of sp³-hybridized carbons (Fsp3) is 0.900. The fourth-order valence-electron chi connectivity index (χ4n) is 2.14. The molecule has 2 saturated heterocycles. The summed E-state index contributed by atoms with van der Waals surface area (Å²) in [6, 6.07) is 0. The van der Waals surface area contributed by atoms with E-state index in [0.717, 1.165) is 6.42 Å². The van der Waals surface area contributed by atoms with Crippen LogP contribution in [0.4, 0.5) is 4.79 Å². The van der Waals surface area contributed by atoms with E-state index >= 15 is 0 Å². The summed E-state index contributed by atoms with van der Waals surface area (Å²) in [5.41, 5.74) is 0. The Morgan fingerprint density at radius 2 is 2.00 bits per heavy atom. The number of ether oxygens (including phenoxy) is 3. The van der Waals surface area contributed by atoms with Gasteiger partial charge in [-0.05, 0) is 6.42 Å². The van der Waals surface area contributed by atoms with Crippen molar-refractivity contribution in [3.63, 3.8) is 0 Å². The molecule has 19 heavy (non-hydrogen) atoms. The lowest BCUT2D eigenvalue weighted by molar-refractivity contribution is -0.769. The average molecular weight is 276 g/mol. The number of hydrogen-bond donors (Lipinski definition) is 1. The second-order valence-electron chi connectivity index (χ2n) is 4.33. The maximum Gasteiger partial charge on any atom is 0.407 e. The molecule has 0 aromatic heterocycles. The van der Waals surface area contributed by atoms with Gasteiger partial charge in [-0.2, -0.15) is 0 Å². The Labute approximate surface area is 109 Å². The van der Waals surface area contributed by atoms with Crippen molar-refractivity contribution in [2.24, 2.45) is 0 Å². The molecule has 1 N–H and O–H groups in total. The van der Waals surface area contributed by atoms with Crippen LogP contribution in [0.2, 0.25) is 0 Å². The van der Waals surface area contributed by atoms with Gasteiger partial charge in [-0.1, -0.05) is 6.92 Å². The number of rotatable bonds is 5. The Kier molecular flexibility index (Phi) is 4.38. The minimum Gasteiger partial charge on any atom is -0.441 e. The zero-order chi connectivity index (χ0) is 13.8. The Balaban J connectivity index is 1.83. The van der Waals surface area contributed by atoms with Gasteiger partial charge in [-0.3, -0.25) is 0 Å². The lowest BCUT2D eigenvalue weighted by atomic mass is 10.1. The predicted molar refractivity (Wildman–Crippen MR) is 59.9 cm³/mol. The van der Waals surface area contributed by atoms with Crippen molar-refractivity contribution in [2.45, 2.75) is 37.8 Å². The lowest BCUT2D eigenvalue weighted by Crippen LogP contribution is -2.38. The number of nitrogens with zero attached hydrogens (tertiary/aromatic N) is 1. The highest BCUT2D eigenvalue weighted by molar-refractivity contribution is 5.67. The van der Waals surface area contributed by atoms with Crippen molar-refractivity contribution < 1.29 is 28.9 Å². The molecule has 0 spiro atoms. The van der Waals surface area contributed by atoms with Crippen LogP contribution in [0.25, 0.3) is 0 Å². The first kappa shape index (κ1) is 13.8. The standard InChI is InChI=1S/C10H16N2O7/c1-2-3-11-10(13)18-6-4-16-9-7(19-12(14)15)5-17-8(6)9/h6-9H,2-5H2,1H3,(H,11,13). The monoisotopic (exact) mass is 276 g/mol. The SMILES string of the molecule is CCCNC(=O)OC1COC2C(O[N+](=O)[O-])COC12. The molecule has 0 bridgehead atoms. The molecule has 0 aliphatic carbocycles. The van der Waals surface area contributed by atoms with Gasteiger partial charge in [0.25, 0.3) is 5.09 Å². The van der Waals surface area contributed by atoms with E-state index in [1.165, 1.54) is 0 Å². The molecule has 0 radical (unpaired) electrons. The lowest BCUT2D eigenvalue weighted by Gasteiger charge is -2.16. The largest absolute Gasteiger partial charge is 0.441 e. The van der Waals surface area contributed by atoms with E-state index in [9.17, 15) is 14.9 Å². The molecular formula is C10H16N2O7. The predicted octanol–water partition coefficient (Wildman–Crippen LogP) is -0.134. The van der Waals surface area contributed by atoms with Gasteiger partial charge in [0, 0.05) is 6.54 Å². The average Bonchev–Trinajstić information content (AvgIpc) is 2.91. The summed E-state index contributed by atoms with van der Waals surface area (Å²) in [5, 5.41) is 12.0. The van der Waals surface area contributed by atoms with Gasteiger partial charge in [0.2, 0.25) is 0 Å². The number of hydrogen-bond acceptors (Lipinski definition) is 7. The molecular weight excluding hydrogens is 260 g/mol. The number of carbonyl (C=O) groups excluding carboxylic acids is 1. The van der Waals surface area contributed by atoms with Gasteiger partial charge < -0.3 is 24.4 Å². The van der Waals surface area contributed by atoms with Crippen molar-refractivity contribution in [2.75, 3.05) is 19.8 Å². The summed E-state index contributed by atoms with van der Waals surface area (Å²) in [7, 11) is 0. The van der Waals surface area contributed by atoms with Gasteiger partial charge >= 0.3 is 6.09 Å². The van der Waals surface area contributed by atoms with Crippen molar-refractivity contribution in [3.05, 3.63) is 10.1 Å². The molecule has 9 heteroatoms. The van der Waals surface area contributed by atoms with Crippen LogP contribution < -0.4 is 5.32 Å². The Morgan fingerprint density at radius 1 is 1.37 bits per heavy atom. The van der Waals surface area contributed by atoms with Crippen molar-refractivity contribution >= 4 is 6.09 Å². The summed E-state index contributed by atoms with van der Waals surface area (Å²) in [6.45, 7) is 2.64. The van der Waals surface area contributed by atoms with E-state index in [2.05, 4.69) is 10.2 Å². The number of nitrogens with one attached hydrogen (secondary N) is 1. The molecule has 1 amide bonds. The van der Waals surface area contributed by atoms with E-state index in [0.29, 0.717) is 6.54 Å². The van der Waals surface area contributed by atoms with E-state index < -0.39 is 35.6 Å². The van der Waals surface area contributed by atoms with Crippen molar-refractivity contribution in [1.82, 2.24) is 5.32 Å². The van der Waals surface area contributed by atoms with Gasteiger partial charge in [-0.25, -0.2) is 4.79 Å². The van der Waals surface area contributed by atoms with Crippen molar-refractivity contribution in [3.8, 4) is 0 Å². The Bertz CT molecular complexity index is 351. The quantitative estimate of drug-likeness (QED) is 0.550. The van der Waals surface area contributed by atoms with Gasteiger partial charge in [-0.15, -0.1) is 10.1 Å². The van der Waals surface area contributed by atoms with Gasteiger partial charge in [0.05, 0.1) is 13.2 Å². The molecule has 2 aliphatic heterocycles. The van der Waals surface area contributed by atoms with Crippen LogP contribution >= 0.6 is 0 Å². The zero-order valence-electron chi connectivity index (χ0n) is 10.4. The van der Waals surface area contributed by atoms with Gasteiger partial charge in [0.15, 0.2) is 12.2 Å². The number of amides is 1. The Hall–Kier alpha value is -1.61. The maximum absolute atomic E-state index is 11.4. The minimum absolute atomic E-state index is 0.0484. The van der Waals surface area contributed by atoms with Crippen LogP contribution in [0.15, 0.2) is 0 Å². The number of fused-ring (bicyclic) bond motifs is 1. The van der Waals surface area contributed by atoms with Crippen LogP contribution in [0.1, 0.15) is 13.3 Å². The van der Waals surface area contributed by atoms with Crippen LogP contribution in [0.5, 0.6) is 0 Å². The normalized spacial score (nSPS) is 32.7. The molecule has 2 rings (SSSR count). The van der Waals surface area contributed by atoms with E-state index in [1.54, 1.807) is 0 Å². The summed E-state index contributed by atoms with van der Waals surface area (Å²) in [6.07, 6.45) is -2.17. The first-order valence-corrected chi connectivity index (χ1v) is 6.10. The highest BCUT2D eigenvalue weighted by Gasteiger charge is 2.51. The van der Waals surface area contributed by atoms with E-state index in [-0.39, 0.29) is 13.2 Å². The second-order valence-corrected chi connectivity index (χ2v) is 4.33. The second kappa shape index (κ2) is 6.02. The van der Waals surface area contributed by atoms with Crippen LogP contribution in [-0.2, 0) is 19.0 Å². The molecule has 2 fully saturated rings. The van der Waals surface area contributed by atoms with Crippen LogP contribution in [-0.4, -0.2) is 55.4 Å². The fourth-order valence-corrected chi connectivity index (χ4v) is 2.14. The van der Waals surface area contributed by atoms with Crippen LogP contribution in [0, 0.1) is 10.1 Å². The summed E-state index contributed by atoms with van der Waals surface area (Å²) < 4.78 is 15.9. The molecule has 9 nitrogen and oxygen atoms in total. The van der Waals surface area contributed by atoms with E-state index in [4.69, 9.17) is 14.2 Å². The molecule has 108 valence electrons. The highest BCUT2D eigenvalue weighted by Crippen LogP contribution is 2.30. The third kappa shape index (κ3) is 3.24. The number of carbonyl (C=O) groups is 1. The molecule has 0 aromatic rings. The Morgan fingerprint density at radius 3 is 2.63 bits per heavy atom. The molecule has 4 atom stereocenters. The summed E-state index contributed by atoms with van der Waals surface area (Å²) in [4.78, 5) is 26.2. The molecule has 2 aliphatic rings. The third-order valence-corrected chi connectivity index (χ3v) is 2.96. The topological polar surface area (TPSA) is 109 Å². The minimum atomic E-state index is -0.873. The molecule has 0 saturated carbocycles. The third-order valence-electron chi connectivity index (χ3n) is 2.96. The maximum atomic E-state index is 11.4. The summed E-state index contributed by atoms with van der Waals surface area (Å²) >= 11 is 0. The molecule has 4 unspecified atom stereocenters. The first-order valence-electron chi connectivity index (χ1n) is 6.10. The smallest absolute Gasteiger partial charge is 0.407 e. The molecule has 0 aromatic carbocycles. The van der Waals surface area contributed by atoms with Crippen LogP contribution in [0.3, 0.4) is 0 Å².